The van der Waals surface area contributed by atoms with Crippen LogP contribution in [0.5, 0.6) is 0 Å². The number of amidine groups is 1. The molecule has 0 radical (unpaired) electrons. The lowest BCUT2D eigenvalue weighted by Crippen LogP contribution is -2.48. The van der Waals surface area contributed by atoms with Crippen LogP contribution in [0.25, 0.3) is 0 Å². The Labute approximate surface area is 144 Å². The summed E-state index contributed by atoms with van der Waals surface area (Å²) in [4.78, 5) is 37.2. The molecule has 24 heavy (non-hydrogen) atoms. The summed E-state index contributed by atoms with van der Waals surface area (Å²) in [6, 6.07) is 7.39. The van der Waals surface area contributed by atoms with Gasteiger partial charge in [0.15, 0.2) is 5.17 Å². The number of hydrogen-bond acceptors (Lipinski definition) is 5. The summed E-state index contributed by atoms with van der Waals surface area (Å²) in [5.41, 5.74) is 1.50. The van der Waals surface area contributed by atoms with Crippen molar-refractivity contribution in [2.24, 2.45) is 5.10 Å². The van der Waals surface area contributed by atoms with E-state index in [4.69, 9.17) is 0 Å². The summed E-state index contributed by atoms with van der Waals surface area (Å²) in [6.07, 6.45) is 0.792. The van der Waals surface area contributed by atoms with Gasteiger partial charge in [-0.2, -0.15) is 5.01 Å². The molecule has 2 aliphatic heterocycles. The van der Waals surface area contributed by atoms with E-state index >= 15 is 0 Å². The molecule has 0 aromatic heterocycles. The minimum absolute atomic E-state index is 0.213. The summed E-state index contributed by atoms with van der Waals surface area (Å²) < 4.78 is 0. The van der Waals surface area contributed by atoms with Crippen LogP contribution in [0.3, 0.4) is 0 Å². The minimum atomic E-state index is -1.28. The molecule has 0 fully saturated rings. The molecule has 126 valence electrons. The summed E-state index contributed by atoms with van der Waals surface area (Å²) >= 11 is 1.10. The zero-order chi connectivity index (χ0) is 17.5. The number of hydrazone groups is 1. The molecule has 1 aromatic rings. The number of nitrogens with zero attached hydrogens (tertiary/aromatic N) is 3. The Balaban J connectivity index is 2.13. The SMILES string of the molecule is CCCN1C(=O)[C@@]2(SC(NC(C)=O)=NN2C(C)=O)c2ccccc21. The van der Waals surface area contributed by atoms with Gasteiger partial charge < -0.3 is 10.2 Å². The number of rotatable bonds is 2. The summed E-state index contributed by atoms with van der Waals surface area (Å²) in [7, 11) is 0. The maximum Gasteiger partial charge on any atom is 0.270 e. The number of hydrogen-bond donors (Lipinski definition) is 1. The zero-order valence-electron chi connectivity index (χ0n) is 13.7. The number of carbonyl (C=O) groups excluding carboxylic acids is 3. The molecule has 1 spiro atoms. The summed E-state index contributed by atoms with van der Waals surface area (Å²) in [5.74, 6) is -0.870. The molecule has 0 saturated carbocycles. The monoisotopic (exact) mass is 346 g/mol. The number of thioether (sulfide) groups is 1. The van der Waals surface area contributed by atoms with Crippen LogP contribution in [0.4, 0.5) is 5.69 Å². The van der Waals surface area contributed by atoms with Gasteiger partial charge in [0.25, 0.3) is 5.91 Å². The smallest absolute Gasteiger partial charge is 0.270 e. The van der Waals surface area contributed by atoms with Crippen molar-refractivity contribution in [2.45, 2.75) is 32.1 Å². The number of carbonyl (C=O) groups is 3. The van der Waals surface area contributed by atoms with Crippen LogP contribution in [0.15, 0.2) is 29.4 Å². The lowest BCUT2D eigenvalue weighted by Gasteiger charge is -2.29. The van der Waals surface area contributed by atoms with Crippen molar-refractivity contribution in [3.8, 4) is 0 Å². The van der Waals surface area contributed by atoms with E-state index in [1.807, 2.05) is 31.2 Å². The second-order valence-electron chi connectivity index (χ2n) is 5.64. The van der Waals surface area contributed by atoms with Gasteiger partial charge in [-0.3, -0.25) is 14.4 Å². The lowest BCUT2D eigenvalue weighted by molar-refractivity contribution is -0.139. The van der Waals surface area contributed by atoms with Gasteiger partial charge in [-0.1, -0.05) is 25.1 Å². The Morgan fingerprint density at radius 2 is 2.00 bits per heavy atom. The van der Waals surface area contributed by atoms with Gasteiger partial charge in [0, 0.05) is 26.0 Å². The first kappa shape index (κ1) is 16.5. The maximum absolute atomic E-state index is 13.2. The summed E-state index contributed by atoms with van der Waals surface area (Å²) in [5, 5.41) is 8.21. The van der Waals surface area contributed by atoms with Crippen molar-refractivity contribution in [3.63, 3.8) is 0 Å². The highest BCUT2D eigenvalue weighted by atomic mass is 32.2. The fourth-order valence-electron chi connectivity index (χ4n) is 3.01. The van der Waals surface area contributed by atoms with Gasteiger partial charge >= 0.3 is 0 Å². The van der Waals surface area contributed by atoms with Crippen molar-refractivity contribution in [1.82, 2.24) is 10.3 Å². The van der Waals surface area contributed by atoms with Gasteiger partial charge in [-0.15, -0.1) is 5.10 Å². The first-order valence-electron chi connectivity index (χ1n) is 7.69. The Kier molecular flexibility index (Phi) is 4.08. The van der Waals surface area contributed by atoms with Gasteiger partial charge in [0.1, 0.15) is 0 Å². The zero-order valence-corrected chi connectivity index (χ0v) is 14.5. The van der Waals surface area contributed by atoms with Gasteiger partial charge in [-0.05, 0) is 24.2 Å². The summed E-state index contributed by atoms with van der Waals surface area (Å²) in [6.45, 7) is 5.27. The Morgan fingerprint density at radius 3 is 2.62 bits per heavy atom. The van der Waals surface area contributed by atoms with E-state index in [-0.39, 0.29) is 22.9 Å². The first-order valence-corrected chi connectivity index (χ1v) is 8.51. The Hall–Kier alpha value is -2.35. The molecule has 1 atom stereocenters. The van der Waals surface area contributed by atoms with E-state index in [1.165, 1.54) is 18.9 Å². The van der Waals surface area contributed by atoms with Crippen LogP contribution >= 0.6 is 11.8 Å². The largest absolute Gasteiger partial charge is 0.309 e. The van der Waals surface area contributed by atoms with E-state index in [0.717, 1.165) is 23.9 Å². The highest BCUT2D eigenvalue weighted by Gasteiger charge is 2.60. The average Bonchev–Trinajstić information content (AvgIpc) is 3.01. The van der Waals surface area contributed by atoms with E-state index in [0.29, 0.717) is 12.1 Å². The van der Waals surface area contributed by atoms with Gasteiger partial charge in [-0.25, -0.2) is 0 Å². The van der Waals surface area contributed by atoms with Crippen molar-refractivity contribution < 1.29 is 14.4 Å². The van der Waals surface area contributed by atoms with Crippen LogP contribution in [-0.4, -0.2) is 34.4 Å². The third-order valence-electron chi connectivity index (χ3n) is 3.86. The molecular weight excluding hydrogens is 328 g/mol. The average molecular weight is 346 g/mol. The highest BCUT2D eigenvalue weighted by molar-refractivity contribution is 8.15. The Morgan fingerprint density at radius 1 is 1.29 bits per heavy atom. The molecule has 3 amide bonds. The number of benzene rings is 1. The third-order valence-corrected chi connectivity index (χ3v) is 5.10. The van der Waals surface area contributed by atoms with Crippen molar-refractivity contribution >= 4 is 40.3 Å². The second-order valence-corrected chi connectivity index (χ2v) is 6.82. The molecule has 1 N–H and O–H groups in total. The van der Waals surface area contributed by atoms with Crippen molar-refractivity contribution in [1.29, 1.82) is 0 Å². The van der Waals surface area contributed by atoms with E-state index in [2.05, 4.69) is 10.4 Å². The second kappa shape index (κ2) is 5.94. The Bertz CT molecular complexity index is 763. The van der Waals surface area contributed by atoms with Crippen molar-refractivity contribution in [2.75, 3.05) is 11.4 Å². The predicted octanol–water partition coefficient (Wildman–Crippen LogP) is 1.60. The molecule has 0 unspecified atom stereocenters. The van der Waals surface area contributed by atoms with Crippen LogP contribution in [-0.2, 0) is 19.3 Å². The topological polar surface area (TPSA) is 82.1 Å². The molecule has 3 rings (SSSR count). The normalized spacial score (nSPS) is 22.0. The molecular formula is C16H18N4O3S. The molecule has 7 nitrogen and oxygen atoms in total. The highest BCUT2D eigenvalue weighted by Crippen LogP contribution is 2.54. The van der Waals surface area contributed by atoms with Gasteiger partial charge in [0.2, 0.25) is 16.7 Å². The van der Waals surface area contributed by atoms with Gasteiger partial charge in [0.05, 0.1) is 5.69 Å². The third kappa shape index (κ3) is 2.29. The van der Waals surface area contributed by atoms with E-state index < -0.39 is 4.87 Å². The number of nitrogens with one attached hydrogen (secondary N) is 1. The van der Waals surface area contributed by atoms with Crippen molar-refractivity contribution in [3.05, 3.63) is 29.8 Å². The maximum atomic E-state index is 13.2. The molecule has 8 heteroatoms. The molecule has 2 heterocycles. The van der Waals surface area contributed by atoms with Crippen LogP contribution in [0.1, 0.15) is 32.8 Å². The fourth-order valence-corrected chi connectivity index (χ4v) is 4.34. The molecule has 0 aliphatic carbocycles. The van der Waals surface area contributed by atoms with Crippen LogP contribution in [0.2, 0.25) is 0 Å². The quantitative estimate of drug-likeness (QED) is 0.882. The number of amides is 3. The van der Waals surface area contributed by atoms with E-state index in [1.54, 1.807) is 4.90 Å². The molecule has 1 aromatic carbocycles. The first-order chi connectivity index (χ1) is 11.4. The van der Waals surface area contributed by atoms with Crippen LogP contribution < -0.4 is 10.2 Å². The molecule has 2 aliphatic rings. The fraction of sp³-hybridized carbons (Fsp3) is 0.375. The van der Waals surface area contributed by atoms with E-state index in [9.17, 15) is 14.4 Å². The molecule has 0 bridgehead atoms. The number of anilines is 1. The predicted molar refractivity (Wildman–Crippen MR) is 92.1 cm³/mol. The standard InChI is InChI=1S/C16H18N4O3S/c1-4-9-19-13-8-6-5-7-12(13)16(14(19)23)20(11(3)22)18-15(24-16)17-10(2)21/h5-8H,4,9H2,1-3H3,(H,17,18,21)/t16-/m0/s1. The lowest BCUT2D eigenvalue weighted by atomic mass is 10.1. The number of fused-ring (bicyclic) bond motifs is 2. The number of para-hydroxylation sites is 1. The van der Waals surface area contributed by atoms with Crippen LogP contribution in [0, 0.1) is 0 Å². The minimum Gasteiger partial charge on any atom is -0.309 e. The molecule has 0 saturated heterocycles.